The summed E-state index contributed by atoms with van der Waals surface area (Å²) in [5, 5.41) is 6.85. The largest absolute Gasteiger partial charge is 0.379 e. The van der Waals surface area contributed by atoms with E-state index in [1.54, 1.807) is 0 Å². The van der Waals surface area contributed by atoms with Crippen LogP contribution in [0.25, 0.3) is 0 Å². The topological polar surface area (TPSA) is 48.9 Å². The smallest absolute Gasteiger partial charge is 0.191 e. The van der Waals surface area contributed by atoms with Crippen LogP contribution in [0.15, 0.2) is 4.99 Å². The first kappa shape index (κ1) is 22.9. The summed E-state index contributed by atoms with van der Waals surface area (Å²) in [6.45, 7) is 13.7. The van der Waals surface area contributed by atoms with E-state index in [0.717, 1.165) is 44.7 Å². The molecule has 0 amide bonds. The molecular weight excluding hydrogens is 403 g/mol. The number of nitrogens with one attached hydrogen (secondary N) is 2. The van der Waals surface area contributed by atoms with Gasteiger partial charge in [-0.25, -0.2) is 0 Å². The van der Waals surface area contributed by atoms with Crippen LogP contribution in [0.4, 0.5) is 0 Å². The lowest BCUT2D eigenvalue weighted by Gasteiger charge is -2.38. The highest BCUT2D eigenvalue weighted by molar-refractivity contribution is 14.0. The van der Waals surface area contributed by atoms with E-state index < -0.39 is 0 Å². The summed E-state index contributed by atoms with van der Waals surface area (Å²) >= 11 is 0. The summed E-state index contributed by atoms with van der Waals surface area (Å²) in [7, 11) is 1.84. The first-order chi connectivity index (χ1) is 10.5. The maximum absolute atomic E-state index is 5.50. The van der Waals surface area contributed by atoms with Crippen LogP contribution in [0.5, 0.6) is 0 Å². The van der Waals surface area contributed by atoms with E-state index in [1.807, 2.05) is 7.05 Å². The van der Waals surface area contributed by atoms with E-state index in [0.29, 0.717) is 12.1 Å². The molecule has 1 aliphatic rings. The Morgan fingerprint density at radius 1 is 1.26 bits per heavy atom. The van der Waals surface area contributed by atoms with Gasteiger partial charge in [-0.3, -0.25) is 9.89 Å². The number of unbranched alkanes of at least 4 members (excludes halogenated alkanes) is 1. The van der Waals surface area contributed by atoms with Gasteiger partial charge < -0.3 is 15.4 Å². The van der Waals surface area contributed by atoms with Crippen LogP contribution in [0.2, 0.25) is 0 Å². The Balaban J connectivity index is 0.00000484. The molecule has 2 N–H and O–H groups in total. The second-order valence-corrected chi connectivity index (χ2v) is 6.78. The molecule has 1 fully saturated rings. The zero-order chi connectivity index (χ0) is 16.4. The van der Waals surface area contributed by atoms with Gasteiger partial charge in [0.2, 0.25) is 0 Å². The summed E-state index contributed by atoms with van der Waals surface area (Å²) in [5.41, 5.74) is 0. The summed E-state index contributed by atoms with van der Waals surface area (Å²) < 4.78 is 5.50. The fourth-order valence-corrected chi connectivity index (χ4v) is 2.86. The number of hydrogen-bond donors (Lipinski definition) is 2. The van der Waals surface area contributed by atoms with E-state index in [2.05, 4.69) is 48.2 Å². The van der Waals surface area contributed by atoms with Crippen molar-refractivity contribution in [3.8, 4) is 0 Å². The monoisotopic (exact) mass is 440 g/mol. The van der Waals surface area contributed by atoms with Gasteiger partial charge in [0.05, 0.1) is 13.2 Å². The van der Waals surface area contributed by atoms with Gasteiger partial charge >= 0.3 is 0 Å². The third-order valence-corrected chi connectivity index (χ3v) is 4.27. The van der Waals surface area contributed by atoms with Crippen LogP contribution < -0.4 is 10.6 Å². The van der Waals surface area contributed by atoms with E-state index >= 15 is 0 Å². The van der Waals surface area contributed by atoms with Crippen molar-refractivity contribution >= 4 is 29.9 Å². The average molecular weight is 440 g/mol. The fourth-order valence-electron chi connectivity index (χ4n) is 2.86. The van der Waals surface area contributed by atoms with Crippen LogP contribution in [0, 0.1) is 5.92 Å². The average Bonchev–Trinajstić information content (AvgIpc) is 2.49. The van der Waals surface area contributed by atoms with Gasteiger partial charge in [-0.15, -0.1) is 24.0 Å². The minimum atomic E-state index is 0. The molecule has 0 radical (unpaired) electrons. The van der Waals surface area contributed by atoms with E-state index in [9.17, 15) is 0 Å². The lowest BCUT2D eigenvalue weighted by molar-refractivity contribution is -0.0174. The Bertz CT molecular complexity index is 326. The molecule has 23 heavy (non-hydrogen) atoms. The predicted molar refractivity (Wildman–Crippen MR) is 110 cm³/mol. The molecule has 0 aromatic rings. The van der Waals surface area contributed by atoms with Crippen LogP contribution in [0.3, 0.4) is 0 Å². The summed E-state index contributed by atoms with van der Waals surface area (Å²) in [4.78, 5) is 6.81. The molecule has 0 aliphatic carbocycles. The standard InChI is InChI=1S/C17H36N4O.HI/c1-14(2)8-6-7-9-19-17(18-5)20-12-15(3)21-10-11-22-13-16(21)4;/h14-16H,6-13H2,1-5H3,(H2,18,19,20);1H. The molecule has 5 nitrogen and oxygen atoms in total. The first-order valence-electron chi connectivity index (χ1n) is 8.82. The Kier molecular flexibility index (Phi) is 13.2. The van der Waals surface area contributed by atoms with Crippen molar-refractivity contribution in [3.05, 3.63) is 0 Å². The minimum absolute atomic E-state index is 0. The maximum atomic E-state index is 5.50. The van der Waals surface area contributed by atoms with Gasteiger partial charge in [-0.1, -0.05) is 26.7 Å². The number of halogens is 1. The second kappa shape index (κ2) is 13.2. The van der Waals surface area contributed by atoms with Gasteiger partial charge in [0, 0.05) is 38.8 Å². The van der Waals surface area contributed by atoms with Crippen molar-refractivity contribution in [2.24, 2.45) is 10.9 Å². The quantitative estimate of drug-likeness (QED) is 0.264. The number of ether oxygens (including phenoxy) is 1. The van der Waals surface area contributed by atoms with Gasteiger partial charge in [0.15, 0.2) is 5.96 Å². The number of morpholine rings is 1. The normalized spacial score (nSPS) is 21.0. The van der Waals surface area contributed by atoms with Crippen LogP contribution >= 0.6 is 24.0 Å². The number of nitrogens with zero attached hydrogens (tertiary/aromatic N) is 2. The Morgan fingerprint density at radius 3 is 2.61 bits per heavy atom. The molecule has 1 saturated heterocycles. The van der Waals surface area contributed by atoms with Crippen molar-refractivity contribution in [3.63, 3.8) is 0 Å². The summed E-state index contributed by atoms with van der Waals surface area (Å²) in [6, 6.07) is 0.981. The molecule has 0 aromatic carbocycles. The van der Waals surface area contributed by atoms with Gasteiger partial charge in [0.1, 0.15) is 0 Å². The first-order valence-corrected chi connectivity index (χ1v) is 8.82. The second-order valence-electron chi connectivity index (χ2n) is 6.78. The predicted octanol–water partition coefficient (Wildman–Crippen LogP) is 2.70. The highest BCUT2D eigenvalue weighted by Gasteiger charge is 2.23. The van der Waals surface area contributed by atoms with E-state index in [1.165, 1.54) is 19.3 Å². The maximum Gasteiger partial charge on any atom is 0.191 e. The van der Waals surface area contributed by atoms with Crippen molar-refractivity contribution in [2.45, 2.75) is 59.0 Å². The van der Waals surface area contributed by atoms with Gasteiger partial charge in [0.25, 0.3) is 0 Å². The zero-order valence-corrected chi connectivity index (χ0v) is 17.9. The van der Waals surface area contributed by atoms with E-state index in [-0.39, 0.29) is 24.0 Å². The van der Waals surface area contributed by atoms with Crippen LogP contribution in [-0.4, -0.2) is 62.8 Å². The van der Waals surface area contributed by atoms with Crippen molar-refractivity contribution in [2.75, 3.05) is 39.9 Å². The number of hydrogen-bond acceptors (Lipinski definition) is 3. The molecule has 0 spiro atoms. The SMILES string of the molecule is CN=C(NCCCCC(C)C)NCC(C)N1CCOCC1C.I. The molecule has 2 atom stereocenters. The van der Waals surface area contributed by atoms with Gasteiger partial charge in [-0.05, 0) is 26.2 Å². The van der Waals surface area contributed by atoms with Crippen molar-refractivity contribution < 1.29 is 4.74 Å². The molecule has 138 valence electrons. The van der Waals surface area contributed by atoms with Crippen molar-refractivity contribution in [1.82, 2.24) is 15.5 Å². The van der Waals surface area contributed by atoms with E-state index in [4.69, 9.17) is 4.74 Å². The molecule has 2 unspecified atom stereocenters. The van der Waals surface area contributed by atoms with Crippen LogP contribution in [0.1, 0.15) is 47.0 Å². The number of rotatable bonds is 8. The number of aliphatic imine (C=N–C) groups is 1. The highest BCUT2D eigenvalue weighted by Crippen LogP contribution is 2.10. The number of guanidine groups is 1. The lowest BCUT2D eigenvalue weighted by atomic mass is 10.1. The highest BCUT2D eigenvalue weighted by atomic mass is 127. The third-order valence-electron chi connectivity index (χ3n) is 4.27. The Morgan fingerprint density at radius 2 is 2.00 bits per heavy atom. The minimum Gasteiger partial charge on any atom is -0.379 e. The molecule has 1 rings (SSSR count). The molecule has 0 aromatic heterocycles. The Hall–Kier alpha value is -0.0800. The van der Waals surface area contributed by atoms with Gasteiger partial charge in [-0.2, -0.15) is 0 Å². The molecule has 1 aliphatic heterocycles. The van der Waals surface area contributed by atoms with Crippen LogP contribution in [-0.2, 0) is 4.74 Å². The molecule has 0 saturated carbocycles. The Labute approximate surface area is 160 Å². The molecular formula is C17H37IN4O. The van der Waals surface area contributed by atoms with Crippen molar-refractivity contribution in [1.29, 1.82) is 0 Å². The molecule has 6 heteroatoms. The summed E-state index contributed by atoms with van der Waals surface area (Å²) in [6.07, 6.45) is 3.79. The zero-order valence-electron chi connectivity index (χ0n) is 15.6. The molecule has 1 heterocycles. The lowest BCUT2D eigenvalue weighted by Crippen LogP contribution is -2.53. The summed E-state index contributed by atoms with van der Waals surface area (Å²) in [5.74, 6) is 1.71. The fraction of sp³-hybridized carbons (Fsp3) is 0.941. The molecule has 0 bridgehead atoms. The third kappa shape index (κ3) is 9.72.